The van der Waals surface area contributed by atoms with E-state index < -0.39 is 0 Å². The molecule has 0 unspecified atom stereocenters. The minimum absolute atomic E-state index is 0.0917. The van der Waals surface area contributed by atoms with Crippen LogP contribution in [0.1, 0.15) is 48.6 Å². The highest BCUT2D eigenvalue weighted by Gasteiger charge is 2.32. The normalized spacial score (nSPS) is 13.0. The van der Waals surface area contributed by atoms with Crippen molar-refractivity contribution in [2.75, 3.05) is 4.90 Å². The zero-order valence-electron chi connectivity index (χ0n) is 22.3. The Morgan fingerprint density at radius 1 is 0.556 bits per heavy atom. The van der Waals surface area contributed by atoms with Gasteiger partial charge in [0.25, 0.3) is 0 Å². The molecule has 1 aliphatic rings. The molecule has 0 saturated heterocycles. The van der Waals surface area contributed by atoms with Crippen LogP contribution in [-0.4, -0.2) is 0 Å². The molecular formula is C34H33NO. The number of nitrogens with zero attached hydrogens (tertiary/aromatic N) is 1. The quantitative estimate of drug-likeness (QED) is 0.236. The smallest absolute Gasteiger partial charge is 0.159 e. The van der Waals surface area contributed by atoms with E-state index in [1.807, 2.05) is 0 Å². The van der Waals surface area contributed by atoms with Crippen molar-refractivity contribution in [2.24, 2.45) is 0 Å². The van der Waals surface area contributed by atoms with Gasteiger partial charge in [-0.25, -0.2) is 0 Å². The molecule has 0 radical (unpaired) electrons. The Kier molecular flexibility index (Phi) is 4.95. The third kappa shape index (κ3) is 3.32. The molecule has 0 amide bonds. The van der Waals surface area contributed by atoms with Crippen LogP contribution in [0.2, 0.25) is 0 Å². The molecule has 0 bridgehead atoms. The predicted octanol–water partition coefficient (Wildman–Crippen LogP) is 10.1. The Bertz CT molecular complexity index is 1570. The first kappa shape index (κ1) is 22.7. The monoisotopic (exact) mass is 471 g/mol. The van der Waals surface area contributed by atoms with Gasteiger partial charge in [0.05, 0.1) is 17.1 Å². The van der Waals surface area contributed by atoms with Gasteiger partial charge in [0.15, 0.2) is 11.5 Å². The lowest BCUT2D eigenvalue weighted by Crippen LogP contribution is -2.20. The van der Waals surface area contributed by atoms with E-state index in [-0.39, 0.29) is 5.41 Å². The molecule has 0 saturated carbocycles. The van der Waals surface area contributed by atoms with Gasteiger partial charge < -0.3 is 9.64 Å². The van der Waals surface area contributed by atoms with Gasteiger partial charge >= 0.3 is 0 Å². The van der Waals surface area contributed by atoms with Crippen LogP contribution in [0.3, 0.4) is 0 Å². The number of hydrogen-bond acceptors (Lipinski definition) is 2. The maximum atomic E-state index is 6.88. The van der Waals surface area contributed by atoms with Crippen LogP contribution in [0.5, 0.6) is 11.5 Å². The van der Waals surface area contributed by atoms with Crippen LogP contribution >= 0.6 is 0 Å². The van der Waals surface area contributed by atoms with Crippen molar-refractivity contribution in [3.05, 3.63) is 101 Å². The summed E-state index contributed by atoms with van der Waals surface area (Å²) in [5.74, 6) is 1.85. The van der Waals surface area contributed by atoms with E-state index >= 15 is 0 Å². The topological polar surface area (TPSA) is 12.5 Å². The standard InChI is InChI=1S/C34H33NO/c1-20-18-29-32(27-14-10-8-12-25(20)27)36-33-28-15-11-9-13-26(28)21(2)19-30(33)35(29)31-22(3)16-24(17-23(31)4)34(5,6)7/h8-19H,1-7H3. The number of benzene rings is 5. The average Bonchev–Trinajstić information content (AvgIpc) is 2.84. The number of fused-ring (bicyclic) bond motifs is 6. The first-order chi connectivity index (χ1) is 17.1. The van der Waals surface area contributed by atoms with E-state index in [1.165, 1.54) is 44.3 Å². The third-order valence-corrected chi connectivity index (χ3v) is 7.63. The summed E-state index contributed by atoms with van der Waals surface area (Å²) in [7, 11) is 0. The molecule has 5 aromatic rings. The van der Waals surface area contributed by atoms with Crippen LogP contribution in [0, 0.1) is 27.7 Å². The first-order valence-corrected chi connectivity index (χ1v) is 12.8. The second kappa shape index (κ2) is 7.86. The summed E-state index contributed by atoms with van der Waals surface area (Å²) >= 11 is 0. The lowest BCUT2D eigenvalue weighted by molar-refractivity contribution is 0.488. The van der Waals surface area contributed by atoms with Crippen LogP contribution in [-0.2, 0) is 5.41 Å². The van der Waals surface area contributed by atoms with Gasteiger partial charge in [-0.15, -0.1) is 0 Å². The highest BCUT2D eigenvalue weighted by atomic mass is 16.5. The van der Waals surface area contributed by atoms with Crippen molar-refractivity contribution >= 4 is 38.6 Å². The highest BCUT2D eigenvalue weighted by Crippen LogP contribution is 2.57. The van der Waals surface area contributed by atoms with Crippen molar-refractivity contribution in [1.82, 2.24) is 0 Å². The second-order valence-electron chi connectivity index (χ2n) is 11.3. The van der Waals surface area contributed by atoms with Gasteiger partial charge in [-0.3, -0.25) is 0 Å². The van der Waals surface area contributed by atoms with Crippen molar-refractivity contribution in [2.45, 2.75) is 53.9 Å². The molecule has 180 valence electrons. The molecule has 2 nitrogen and oxygen atoms in total. The van der Waals surface area contributed by atoms with Crippen LogP contribution in [0.4, 0.5) is 17.1 Å². The van der Waals surface area contributed by atoms with Crippen molar-refractivity contribution in [3.8, 4) is 11.5 Å². The summed E-state index contributed by atoms with van der Waals surface area (Å²) in [4.78, 5) is 2.45. The van der Waals surface area contributed by atoms with Gasteiger partial charge in [-0.1, -0.05) is 81.4 Å². The summed E-state index contributed by atoms with van der Waals surface area (Å²) in [5.41, 5.74) is 9.93. The number of hydrogen-bond donors (Lipinski definition) is 0. The Morgan fingerprint density at radius 3 is 1.39 bits per heavy atom. The van der Waals surface area contributed by atoms with E-state index in [0.29, 0.717) is 0 Å². The molecule has 5 aromatic carbocycles. The number of ether oxygens (including phenoxy) is 1. The van der Waals surface area contributed by atoms with E-state index in [0.717, 1.165) is 33.6 Å². The van der Waals surface area contributed by atoms with Crippen molar-refractivity contribution in [1.29, 1.82) is 0 Å². The molecular weight excluding hydrogens is 438 g/mol. The number of aryl methyl sites for hydroxylation is 4. The van der Waals surface area contributed by atoms with Crippen LogP contribution in [0.15, 0.2) is 72.8 Å². The highest BCUT2D eigenvalue weighted by molar-refractivity contribution is 6.06. The molecule has 0 N–H and O–H groups in total. The Hall–Kier alpha value is -3.78. The van der Waals surface area contributed by atoms with Gasteiger partial charge in [-0.05, 0) is 83.8 Å². The fourth-order valence-corrected chi connectivity index (χ4v) is 5.78. The minimum Gasteiger partial charge on any atom is -0.452 e. The predicted molar refractivity (Wildman–Crippen MR) is 154 cm³/mol. The average molecular weight is 472 g/mol. The van der Waals surface area contributed by atoms with Crippen molar-refractivity contribution in [3.63, 3.8) is 0 Å². The zero-order chi connectivity index (χ0) is 25.4. The van der Waals surface area contributed by atoms with Crippen LogP contribution in [0.25, 0.3) is 21.5 Å². The Labute approximate surface area is 214 Å². The molecule has 0 aromatic heterocycles. The second-order valence-corrected chi connectivity index (χ2v) is 11.3. The maximum absolute atomic E-state index is 6.88. The van der Waals surface area contributed by atoms with Gasteiger partial charge in [-0.2, -0.15) is 0 Å². The summed E-state index contributed by atoms with van der Waals surface area (Å²) in [5, 5.41) is 4.75. The Morgan fingerprint density at radius 2 is 0.972 bits per heavy atom. The molecule has 0 atom stereocenters. The Balaban J connectivity index is 1.74. The fourth-order valence-electron chi connectivity index (χ4n) is 5.78. The minimum atomic E-state index is 0.0917. The molecule has 1 heterocycles. The largest absolute Gasteiger partial charge is 0.452 e. The lowest BCUT2D eigenvalue weighted by Gasteiger charge is -2.37. The third-order valence-electron chi connectivity index (χ3n) is 7.63. The summed E-state index contributed by atoms with van der Waals surface area (Å²) in [6, 6.07) is 26.5. The molecule has 0 fully saturated rings. The summed E-state index contributed by atoms with van der Waals surface area (Å²) in [6.45, 7) is 15.7. The molecule has 0 aliphatic carbocycles. The van der Waals surface area contributed by atoms with E-state index in [4.69, 9.17) is 4.74 Å². The van der Waals surface area contributed by atoms with Crippen molar-refractivity contribution < 1.29 is 4.74 Å². The SMILES string of the molecule is Cc1cc(C(C)(C)C)cc(C)c1N1c2cc(C)c3ccccc3c2Oc2c1cc(C)c1ccccc21. The number of anilines is 3. The van der Waals surface area contributed by atoms with Crippen LogP contribution < -0.4 is 9.64 Å². The lowest BCUT2D eigenvalue weighted by atomic mass is 9.84. The zero-order valence-corrected chi connectivity index (χ0v) is 22.3. The van der Waals surface area contributed by atoms with Gasteiger partial charge in [0.2, 0.25) is 0 Å². The maximum Gasteiger partial charge on any atom is 0.159 e. The van der Waals surface area contributed by atoms with Gasteiger partial charge in [0.1, 0.15) is 0 Å². The first-order valence-electron chi connectivity index (χ1n) is 12.8. The molecule has 36 heavy (non-hydrogen) atoms. The van der Waals surface area contributed by atoms with Gasteiger partial charge in [0, 0.05) is 10.8 Å². The van der Waals surface area contributed by atoms with E-state index in [1.54, 1.807) is 0 Å². The summed E-state index contributed by atoms with van der Waals surface area (Å²) in [6.07, 6.45) is 0. The molecule has 1 aliphatic heterocycles. The van der Waals surface area contributed by atoms with E-state index in [9.17, 15) is 0 Å². The molecule has 0 spiro atoms. The molecule has 2 heteroatoms. The molecule has 6 rings (SSSR count). The fraction of sp³-hybridized carbons (Fsp3) is 0.235. The number of rotatable bonds is 1. The summed E-state index contributed by atoms with van der Waals surface area (Å²) < 4.78 is 6.88. The van der Waals surface area contributed by atoms with E-state index in [2.05, 4.69) is 126 Å².